The molecule has 1 aliphatic heterocycles. The first-order valence-electron chi connectivity index (χ1n) is 3.24. The van der Waals surface area contributed by atoms with Crippen LogP contribution in [0.3, 0.4) is 0 Å². The molecule has 0 saturated heterocycles. The van der Waals surface area contributed by atoms with Gasteiger partial charge in [0.2, 0.25) is 0 Å². The van der Waals surface area contributed by atoms with Gasteiger partial charge in [-0.25, -0.2) is 0 Å². The molecule has 0 unspecified atom stereocenters. The number of fused-ring (bicyclic) bond motifs is 1. The van der Waals surface area contributed by atoms with Crippen LogP contribution in [0.5, 0.6) is 0 Å². The minimum atomic E-state index is 0.0168. The second-order valence-electron chi connectivity index (χ2n) is 2.54. The lowest BCUT2D eigenvalue weighted by atomic mass is 10.3. The molecule has 2 rings (SSSR count). The van der Waals surface area contributed by atoms with E-state index in [1.165, 1.54) is 0 Å². The molecule has 0 aromatic carbocycles. The summed E-state index contributed by atoms with van der Waals surface area (Å²) >= 11 is 0. The third-order valence-corrected chi connectivity index (χ3v) is 1.70. The lowest BCUT2D eigenvalue weighted by molar-refractivity contribution is 0.0961. The molecule has 0 fully saturated rings. The van der Waals surface area contributed by atoms with Crippen molar-refractivity contribution in [3.05, 3.63) is 23.0 Å². The normalized spacial score (nSPS) is 15.1. The van der Waals surface area contributed by atoms with Crippen LogP contribution in [-0.2, 0) is 6.54 Å². The van der Waals surface area contributed by atoms with Crippen LogP contribution in [0, 0.1) is 6.92 Å². The van der Waals surface area contributed by atoms with Crippen LogP contribution in [0.15, 0.2) is 6.07 Å². The molecule has 0 saturated carbocycles. The van der Waals surface area contributed by atoms with E-state index in [0.29, 0.717) is 6.54 Å². The minimum absolute atomic E-state index is 0.0168. The molecular formula is C7H8N2O. The van der Waals surface area contributed by atoms with Crippen molar-refractivity contribution in [2.45, 2.75) is 13.5 Å². The maximum absolute atomic E-state index is 10.9. The van der Waals surface area contributed by atoms with Crippen molar-refractivity contribution in [3.8, 4) is 0 Å². The number of aryl methyl sites for hydroxylation is 1. The summed E-state index contributed by atoms with van der Waals surface area (Å²) in [5.74, 6) is 0.0168. The van der Waals surface area contributed by atoms with Crippen molar-refractivity contribution in [1.29, 1.82) is 0 Å². The maximum atomic E-state index is 10.9. The van der Waals surface area contributed by atoms with Crippen molar-refractivity contribution in [3.63, 3.8) is 0 Å². The third-order valence-electron chi connectivity index (χ3n) is 1.70. The maximum Gasteiger partial charge on any atom is 0.268 e. The van der Waals surface area contributed by atoms with E-state index in [2.05, 4.69) is 10.3 Å². The highest BCUT2D eigenvalue weighted by molar-refractivity contribution is 5.96. The van der Waals surface area contributed by atoms with Crippen molar-refractivity contribution in [2.24, 2.45) is 0 Å². The van der Waals surface area contributed by atoms with Gasteiger partial charge in [-0.15, -0.1) is 0 Å². The summed E-state index contributed by atoms with van der Waals surface area (Å²) in [7, 11) is 0. The van der Waals surface area contributed by atoms with Crippen LogP contribution in [0.4, 0.5) is 0 Å². The highest BCUT2D eigenvalue weighted by atomic mass is 16.2. The highest BCUT2D eigenvalue weighted by Gasteiger charge is 2.19. The Bertz CT molecular complexity index is 288. The van der Waals surface area contributed by atoms with Gasteiger partial charge in [0.25, 0.3) is 5.91 Å². The molecule has 3 nitrogen and oxygen atoms in total. The molecule has 3 heteroatoms. The van der Waals surface area contributed by atoms with Crippen LogP contribution >= 0.6 is 0 Å². The number of amides is 1. The van der Waals surface area contributed by atoms with E-state index in [9.17, 15) is 4.79 Å². The van der Waals surface area contributed by atoms with Gasteiger partial charge in [0.15, 0.2) is 0 Å². The topological polar surface area (TPSA) is 44.9 Å². The van der Waals surface area contributed by atoms with E-state index in [1.807, 2.05) is 13.0 Å². The van der Waals surface area contributed by atoms with Gasteiger partial charge in [0.1, 0.15) is 5.69 Å². The molecule has 2 N–H and O–H groups in total. The number of rotatable bonds is 0. The SMILES string of the molecule is Cc1cc2c([nH]1)C(=O)NC2. The molecule has 0 atom stereocenters. The molecule has 1 aromatic rings. The molecular weight excluding hydrogens is 128 g/mol. The van der Waals surface area contributed by atoms with Crippen LogP contribution in [-0.4, -0.2) is 10.9 Å². The summed E-state index contributed by atoms with van der Waals surface area (Å²) in [6, 6.07) is 1.99. The number of hydrogen-bond donors (Lipinski definition) is 2. The van der Waals surface area contributed by atoms with Crippen molar-refractivity contribution >= 4 is 5.91 Å². The first-order valence-corrected chi connectivity index (χ1v) is 3.24. The zero-order chi connectivity index (χ0) is 7.14. The molecule has 10 heavy (non-hydrogen) atoms. The standard InChI is InChI=1S/C7H8N2O/c1-4-2-5-3-8-7(10)6(5)9-4/h2,9H,3H2,1H3,(H,8,10). The van der Waals surface area contributed by atoms with Crippen molar-refractivity contribution < 1.29 is 4.79 Å². The third kappa shape index (κ3) is 0.572. The Morgan fingerprint density at radius 1 is 1.60 bits per heavy atom. The van der Waals surface area contributed by atoms with Gasteiger partial charge < -0.3 is 10.3 Å². The molecule has 0 aliphatic carbocycles. The fourth-order valence-electron chi connectivity index (χ4n) is 1.25. The smallest absolute Gasteiger partial charge is 0.268 e. The van der Waals surface area contributed by atoms with E-state index in [-0.39, 0.29) is 5.91 Å². The quantitative estimate of drug-likeness (QED) is 0.538. The number of H-pyrrole nitrogens is 1. The number of hydrogen-bond acceptors (Lipinski definition) is 1. The van der Waals surface area contributed by atoms with Crippen LogP contribution in [0.2, 0.25) is 0 Å². The largest absolute Gasteiger partial charge is 0.354 e. The summed E-state index contributed by atoms with van der Waals surface area (Å²) < 4.78 is 0. The van der Waals surface area contributed by atoms with E-state index < -0.39 is 0 Å². The number of aromatic nitrogens is 1. The molecule has 0 radical (unpaired) electrons. The molecule has 1 aliphatic rings. The van der Waals surface area contributed by atoms with Crippen LogP contribution in [0.1, 0.15) is 21.7 Å². The number of nitrogens with one attached hydrogen (secondary N) is 2. The van der Waals surface area contributed by atoms with Gasteiger partial charge in [0, 0.05) is 17.8 Å². The predicted molar refractivity (Wildman–Crippen MR) is 36.7 cm³/mol. The molecule has 1 aromatic heterocycles. The Morgan fingerprint density at radius 3 is 3.10 bits per heavy atom. The highest BCUT2D eigenvalue weighted by Crippen LogP contribution is 2.14. The first kappa shape index (κ1) is 5.53. The molecule has 1 amide bonds. The number of carbonyl (C=O) groups excluding carboxylic acids is 1. The second kappa shape index (κ2) is 1.62. The zero-order valence-corrected chi connectivity index (χ0v) is 5.69. The van der Waals surface area contributed by atoms with Gasteiger partial charge >= 0.3 is 0 Å². The summed E-state index contributed by atoms with van der Waals surface area (Å²) in [6.07, 6.45) is 0. The predicted octanol–water partition coefficient (Wildman–Crippen LogP) is 0.567. The number of carbonyl (C=O) groups is 1. The minimum Gasteiger partial charge on any atom is -0.354 e. The molecule has 0 bridgehead atoms. The molecule has 0 spiro atoms. The van der Waals surface area contributed by atoms with Gasteiger partial charge in [-0.1, -0.05) is 0 Å². The molecule has 2 heterocycles. The monoisotopic (exact) mass is 136 g/mol. The first-order chi connectivity index (χ1) is 4.77. The van der Waals surface area contributed by atoms with Gasteiger partial charge in [-0.05, 0) is 13.0 Å². The van der Waals surface area contributed by atoms with E-state index in [1.54, 1.807) is 0 Å². The van der Waals surface area contributed by atoms with Gasteiger partial charge in [-0.3, -0.25) is 4.79 Å². The van der Waals surface area contributed by atoms with E-state index >= 15 is 0 Å². The van der Waals surface area contributed by atoms with Crippen LogP contribution < -0.4 is 5.32 Å². The number of aromatic amines is 1. The summed E-state index contributed by atoms with van der Waals surface area (Å²) in [5.41, 5.74) is 2.87. The fourth-order valence-corrected chi connectivity index (χ4v) is 1.25. The lowest BCUT2D eigenvalue weighted by Crippen LogP contribution is -2.13. The Labute approximate surface area is 58.4 Å². The van der Waals surface area contributed by atoms with Crippen LogP contribution in [0.25, 0.3) is 0 Å². The van der Waals surface area contributed by atoms with Crippen molar-refractivity contribution in [2.75, 3.05) is 0 Å². The zero-order valence-electron chi connectivity index (χ0n) is 5.69. The van der Waals surface area contributed by atoms with Gasteiger partial charge in [0.05, 0.1) is 0 Å². The summed E-state index contributed by atoms with van der Waals surface area (Å²) in [6.45, 7) is 2.63. The van der Waals surface area contributed by atoms with Gasteiger partial charge in [-0.2, -0.15) is 0 Å². The fraction of sp³-hybridized carbons (Fsp3) is 0.286. The second-order valence-corrected chi connectivity index (χ2v) is 2.54. The molecule has 52 valence electrons. The Balaban J connectivity index is 2.59. The summed E-state index contributed by atoms with van der Waals surface area (Å²) in [4.78, 5) is 13.9. The average Bonchev–Trinajstić information content (AvgIpc) is 2.35. The summed E-state index contributed by atoms with van der Waals surface area (Å²) in [5, 5.41) is 2.72. The average molecular weight is 136 g/mol. The Morgan fingerprint density at radius 2 is 2.40 bits per heavy atom. The lowest BCUT2D eigenvalue weighted by Gasteiger charge is -1.88. The Hall–Kier alpha value is -1.25. The van der Waals surface area contributed by atoms with Crippen molar-refractivity contribution in [1.82, 2.24) is 10.3 Å². The van der Waals surface area contributed by atoms with E-state index in [4.69, 9.17) is 0 Å². The Kier molecular flexibility index (Phi) is 0.897. The van der Waals surface area contributed by atoms with E-state index in [0.717, 1.165) is 17.0 Å².